The minimum atomic E-state index is 0.357. The van der Waals surface area contributed by atoms with Crippen molar-refractivity contribution in [2.45, 2.75) is 38.5 Å². The molecule has 2 saturated heterocycles. The van der Waals surface area contributed by atoms with Gasteiger partial charge in [-0.05, 0) is 64.7 Å². The molecule has 0 radical (unpaired) electrons. The quantitative estimate of drug-likeness (QED) is 0.760. The molecule has 3 fully saturated rings. The number of carbonyl (C=O) groups excluding carboxylic acids is 1. The molecular formula is C15H26N2O. The van der Waals surface area contributed by atoms with Gasteiger partial charge in [-0.25, -0.2) is 0 Å². The van der Waals surface area contributed by atoms with E-state index in [2.05, 4.69) is 9.80 Å². The molecule has 102 valence electrons. The number of nitrogens with zero attached hydrogens (tertiary/aromatic N) is 2. The highest BCUT2D eigenvalue weighted by Gasteiger charge is 2.36. The summed E-state index contributed by atoms with van der Waals surface area (Å²) in [5.74, 6) is 1.29. The fraction of sp³-hybridized carbons (Fsp3) is 0.933. The van der Waals surface area contributed by atoms with Crippen molar-refractivity contribution in [1.29, 1.82) is 0 Å². The van der Waals surface area contributed by atoms with Gasteiger partial charge < -0.3 is 9.80 Å². The molecule has 2 unspecified atom stereocenters. The maximum Gasteiger partial charge on any atom is 0.141 e. The van der Waals surface area contributed by atoms with Crippen LogP contribution in [0.5, 0.6) is 0 Å². The molecule has 3 nitrogen and oxygen atoms in total. The number of carbonyl (C=O) groups is 1. The lowest BCUT2D eigenvalue weighted by Gasteiger charge is -2.21. The first-order valence-electron chi connectivity index (χ1n) is 7.81. The van der Waals surface area contributed by atoms with Crippen molar-refractivity contribution >= 4 is 5.78 Å². The zero-order valence-corrected chi connectivity index (χ0v) is 11.4. The van der Waals surface area contributed by atoms with Crippen molar-refractivity contribution in [3.8, 4) is 0 Å². The Hall–Kier alpha value is -0.410. The zero-order chi connectivity index (χ0) is 12.4. The van der Waals surface area contributed by atoms with Crippen LogP contribution in [0.1, 0.15) is 38.5 Å². The molecule has 2 heterocycles. The molecular weight excluding hydrogens is 224 g/mol. The smallest absolute Gasteiger partial charge is 0.141 e. The maximum atomic E-state index is 12.4. The molecule has 0 aromatic heterocycles. The van der Waals surface area contributed by atoms with Gasteiger partial charge in [0.1, 0.15) is 5.78 Å². The molecule has 2 aliphatic heterocycles. The molecule has 2 atom stereocenters. The van der Waals surface area contributed by atoms with Crippen molar-refractivity contribution in [2.75, 3.05) is 39.3 Å². The predicted molar refractivity (Wildman–Crippen MR) is 72.6 cm³/mol. The molecule has 0 spiro atoms. The SMILES string of the molecule is O=C1C(CN2CCCC2)CCC1CN1CCCC1. The van der Waals surface area contributed by atoms with E-state index in [0.29, 0.717) is 17.6 Å². The van der Waals surface area contributed by atoms with Crippen LogP contribution in [0.4, 0.5) is 0 Å². The van der Waals surface area contributed by atoms with Crippen LogP contribution >= 0.6 is 0 Å². The Morgan fingerprint density at radius 3 is 1.56 bits per heavy atom. The van der Waals surface area contributed by atoms with E-state index >= 15 is 0 Å². The van der Waals surface area contributed by atoms with E-state index in [4.69, 9.17) is 0 Å². The molecule has 1 aliphatic carbocycles. The standard InChI is InChI=1S/C15H26N2O/c18-15-13(11-16-7-1-2-8-16)5-6-14(15)12-17-9-3-4-10-17/h13-14H,1-12H2. The van der Waals surface area contributed by atoms with Crippen molar-refractivity contribution in [2.24, 2.45) is 11.8 Å². The molecule has 1 saturated carbocycles. The van der Waals surface area contributed by atoms with E-state index in [0.717, 1.165) is 25.9 Å². The van der Waals surface area contributed by atoms with Crippen molar-refractivity contribution in [3.63, 3.8) is 0 Å². The van der Waals surface area contributed by atoms with Gasteiger partial charge in [-0.1, -0.05) is 0 Å². The van der Waals surface area contributed by atoms with Gasteiger partial charge in [-0.15, -0.1) is 0 Å². The minimum Gasteiger partial charge on any atom is -0.303 e. The second kappa shape index (κ2) is 5.70. The molecule has 0 N–H and O–H groups in total. The highest BCUT2D eigenvalue weighted by molar-refractivity contribution is 5.85. The summed E-state index contributed by atoms with van der Waals surface area (Å²) in [6.45, 7) is 6.99. The van der Waals surface area contributed by atoms with Crippen LogP contribution in [0.3, 0.4) is 0 Å². The third-order valence-electron chi connectivity index (χ3n) is 5.02. The van der Waals surface area contributed by atoms with Crippen molar-refractivity contribution < 1.29 is 4.79 Å². The summed E-state index contributed by atoms with van der Waals surface area (Å²) in [6, 6.07) is 0. The summed E-state index contributed by atoms with van der Waals surface area (Å²) in [5, 5.41) is 0. The Kier molecular flexibility index (Phi) is 4.00. The normalized spacial score (nSPS) is 34.8. The van der Waals surface area contributed by atoms with Crippen LogP contribution < -0.4 is 0 Å². The number of likely N-dealkylation sites (tertiary alicyclic amines) is 2. The van der Waals surface area contributed by atoms with E-state index in [1.807, 2.05) is 0 Å². The third kappa shape index (κ3) is 2.77. The first-order chi connectivity index (χ1) is 8.83. The Balaban J connectivity index is 1.48. The van der Waals surface area contributed by atoms with Crippen molar-refractivity contribution in [1.82, 2.24) is 9.80 Å². The predicted octanol–water partition coefficient (Wildman–Crippen LogP) is 1.77. The second-order valence-corrected chi connectivity index (χ2v) is 6.39. The van der Waals surface area contributed by atoms with E-state index in [-0.39, 0.29) is 0 Å². The topological polar surface area (TPSA) is 23.6 Å². The van der Waals surface area contributed by atoms with Crippen LogP contribution in [0.15, 0.2) is 0 Å². The van der Waals surface area contributed by atoms with Crippen LogP contribution in [-0.2, 0) is 4.79 Å². The van der Waals surface area contributed by atoms with Gasteiger partial charge in [-0.3, -0.25) is 4.79 Å². The van der Waals surface area contributed by atoms with Crippen LogP contribution in [0.2, 0.25) is 0 Å². The summed E-state index contributed by atoms with van der Waals surface area (Å²) in [6.07, 6.45) is 7.62. The summed E-state index contributed by atoms with van der Waals surface area (Å²) in [4.78, 5) is 17.4. The largest absolute Gasteiger partial charge is 0.303 e. The van der Waals surface area contributed by atoms with Crippen LogP contribution in [0, 0.1) is 11.8 Å². The minimum absolute atomic E-state index is 0.357. The molecule has 18 heavy (non-hydrogen) atoms. The van der Waals surface area contributed by atoms with Gasteiger partial charge in [0.15, 0.2) is 0 Å². The molecule has 3 rings (SSSR count). The van der Waals surface area contributed by atoms with E-state index in [1.165, 1.54) is 51.9 Å². The Morgan fingerprint density at radius 1 is 0.778 bits per heavy atom. The van der Waals surface area contributed by atoms with Crippen molar-refractivity contribution in [3.05, 3.63) is 0 Å². The van der Waals surface area contributed by atoms with E-state index in [9.17, 15) is 4.79 Å². The van der Waals surface area contributed by atoms with Gasteiger partial charge in [-0.2, -0.15) is 0 Å². The van der Waals surface area contributed by atoms with Gasteiger partial charge in [0, 0.05) is 24.9 Å². The number of ketones is 1. The highest BCUT2D eigenvalue weighted by Crippen LogP contribution is 2.30. The fourth-order valence-electron chi connectivity index (χ4n) is 3.94. The molecule has 0 aromatic rings. The fourth-order valence-corrected chi connectivity index (χ4v) is 3.94. The van der Waals surface area contributed by atoms with Gasteiger partial charge in [0.2, 0.25) is 0 Å². The van der Waals surface area contributed by atoms with Gasteiger partial charge in [0.25, 0.3) is 0 Å². The second-order valence-electron chi connectivity index (χ2n) is 6.39. The average molecular weight is 250 g/mol. The summed E-state index contributed by atoms with van der Waals surface area (Å²) >= 11 is 0. The summed E-state index contributed by atoms with van der Waals surface area (Å²) < 4.78 is 0. The highest BCUT2D eigenvalue weighted by atomic mass is 16.1. The third-order valence-corrected chi connectivity index (χ3v) is 5.02. The van der Waals surface area contributed by atoms with Gasteiger partial charge >= 0.3 is 0 Å². The molecule has 3 aliphatic rings. The first-order valence-corrected chi connectivity index (χ1v) is 7.81. The Labute approximate surface area is 111 Å². The van der Waals surface area contributed by atoms with Crippen LogP contribution in [0.25, 0.3) is 0 Å². The Morgan fingerprint density at radius 2 is 1.17 bits per heavy atom. The average Bonchev–Trinajstić information content (AvgIpc) is 3.08. The first kappa shape index (κ1) is 12.6. The Bertz CT molecular complexity index is 265. The number of hydrogen-bond donors (Lipinski definition) is 0. The monoisotopic (exact) mass is 250 g/mol. The summed E-state index contributed by atoms with van der Waals surface area (Å²) in [7, 11) is 0. The number of rotatable bonds is 4. The van der Waals surface area contributed by atoms with Crippen LogP contribution in [-0.4, -0.2) is 54.9 Å². The van der Waals surface area contributed by atoms with E-state index < -0.39 is 0 Å². The lowest BCUT2D eigenvalue weighted by atomic mass is 10.0. The lowest BCUT2D eigenvalue weighted by Crippen LogP contribution is -2.33. The molecule has 0 bridgehead atoms. The molecule has 0 amide bonds. The maximum absolute atomic E-state index is 12.4. The zero-order valence-electron chi connectivity index (χ0n) is 11.4. The van der Waals surface area contributed by atoms with E-state index in [1.54, 1.807) is 0 Å². The number of Topliss-reactive ketones (excluding diaryl/α,β-unsaturated/α-hetero) is 1. The molecule has 3 heteroatoms. The van der Waals surface area contributed by atoms with Gasteiger partial charge in [0.05, 0.1) is 0 Å². The molecule has 0 aromatic carbocycles. The lowest BCUT2D eigenvalue weighted by molar-refractivity contribution is -0.124. The summed E-state index contributed by atoms with van der Waals surface area (Å²) in [5.41, 5.74) is 0. The number of hydrogen-bond acceptors (Lipinski definition) is 3.